The molecule has 1 N–H and O–H groups in total. The zero-order valence-electron chi connectivity index (χ0n) is 21.7. The molecule has 3 aromatic rings. The van der Waals surface area contributed by atoms with Crippen LogP contribution in [0.15, 0.2) is 78.9 Å². The Morgan fingerprint density at radius 3 is 2.08 bits per heavy atom. The highest BCUT2D eigenvalue weighted by molar-refractivity contribution is 5.54. The second kappa shape index (κ2) is 12.0. The summed E-state index contributed by atoms with van der Waals surface area (Å²) < 4.78 is 115. The van der Waals surface area contributed by atoms with E-state index < -0.39 is 48.4 Å². The van der Waals surface area contributed by atoms with E-state index in [4.69, 9.17) is 4.74 Å². The molecule has 11 heteroatoms. The summed E-state index contributed by atoms with van der Waals surface area (Å²) in [5.41, 5.74) is -4.36. The van der Waals surface area contributed by atoms with E-state index >= 15 is 0 Å². The Hall–Kier alpha value is -3.34. The Kier molecular flexibility index (Phi) is 9.39. The molecule has 1 aliphatic rings. The molecule has 1 aliphatic carbocycles. The number of para-hydroxylation sites is 1. The van der Waals surface area contributed by atoms with E-state index in [-0.39, 0.29) is 29.8 Å². The van der Waals surface area contributed by atoms with Crippen LogP contribution in [0, 0.1) is 0 Å². The lowest BCUT2D eigenvalue weighted by Gasteiger charge is -2.41. The third-order valence-electron chi connectivity index (χ3n) is 6.58. The van der Waals surface area contributed by atoms with Gasteiger partial charge in [-0.1, -0.05) is 56.3 Å². The number of benzene rings is 3. The minimum absolute atomic E-state index is 0.0313. The third kappa shape index (κ3) is 6.51. The molecule has 0 radical (unpaired) electrons. The summed E-state index contributed by atoms with van der Waals surface area (Å²) >= 11 is 0. The van der Waals surface area contributed by atoms with Crippen molar-refractivity contribution in [3.8, 4) is 11.5 Å². The molecule has 0 aromatic heterocycles. The average Bonchev–Trinajstić information content (AvgIpc) is 3.31. The number of hydrogen-bond acceptors (Lipinski definition) is 3. The number of nitrogens with zero attached hydrogens (tertiary/aromatic N) is 1. The summed E-state index contributed by atoms with van der Waals surface area (Å²) in [5, 5.41) is 10.7. The molecule has 218 valence electrons. The standard InChI is InChI=1S/C27H23F8NO2.C2H6/c28-25(29,27(33,34)35)19-8-4-7-18(15-19)17-36(23-13-6-14-24(23,37)26(30,31)32)20-9-5-12-22(16-20)38-21-10-2-1-3-11-21;1-2/h1-5,7-12,15-16,23,37H,6,13-14,17H2;1-2H3. The van der Waals surface area contributed by atoms with E-state index in [0.717, 1.165) is 6.07 Å². The minimum Gasteiger partial charge on any atom is -0.457 e. The van der Waals surface area contributed by atoms with Crippen LogP contribution in [0.25, 0.3) is 0 Å². The van der Waals surface area contributed by atoms with Crippen LogP contribution in [-0.4, -0.2) is 29.1 Å². The Bertz CT molecular complexity index is 1250. The second-order valence-corrected chi connectivity index (χ2v) is 9.14. The summed E-state index contributed by atoms with van der Waals surface area (Å²) in [6.07, 6.45) is -11.5. The lowest BCUT2D eigenvalue weighted by Crippen LogP contribution is -2.57. The van der Waals surface area contributed by atoms with E-state index in [1.807, 2.05) is 13.8 Å². The Labute approximate surface area is 227 Å². The van der Waals surface area contributed by atoms with Gasteiger partial charge in [0.05, 0.1) is 6.04 Å². The van der Waals surface area contributed by atoms with E-state index in [1.165, 1.54) is 29.2 Å². The lowest BCUT2D eigenvalue weighted by molar-refractivity contribution is -0.289. The molecule has 1 saturated carbocycles. The molecule has 40 heavy (non-hydrogen) atoms. The van der Waals surface area contributed by atoms with Crippen LogP contribution >= 0.6 is 0 Å². The molecule has 0 saturated heterocycles. The monoisotopic (exact) mass is 575 g/mol. The molecule has 0 spiro atoms. The number of halogens is 8. The first-order valence-corrected chi connectivity index (χ1v) is 12.6. The maximum absolute atomic E-state index is 14.0. The lowest BCUT2D eigenvalue weighted by atomic mass is 9.94. The molecule has 2 unspecified atom stereocenters. The summed E-state index contributed by atoms with van der Waals surface area (Å²) in [7, 11) is 0. The van der Waals surface area contributed by atoms with Crippen molar-refractivity contribution in [2.75, 3.05) is 4.90 Å². The van der Waals surface area contributed by atoms with Gasteiger partial charge < -0.3 is 14.7 Å². The Morgan fingerprint density at radius 2 is 1.45 bits per heavy atom. The quantitative estimate of drug-likeness (QED) is 0.286. The van der Waals surface area contributed by atoms with Crippen molar-refractivity contribution < 1.29 is 45.0 Å². The average molecular weight is 576 g/mol. The van der Waals surface area contributed by atoms with Gasteiger partial charge in [0.1, 0.15) is 11.5 Å². The highest BCUT2D eigenvalue weighted by Gasteiger charge is 2.62. The maximum Gasteiger partial charge on any atom is 0.458 e. The molecule has 0 aliphatic heterocycles. The smallest absolute Gasteiger partial charge is 0.457 e. The van der Waals surface area contributed by atoms with Crippen molar-refractivity contribution >= 4 is 5.69 Å². The molecular formula is C29H29F8NO2. The summed E-state index contributed by atoms with van der Waals surface area (Å²) in [5.74, 6) is -4.45. The zero-order chi connectivity index (χ0) is 29.8. The van der Waals surface area contributed by atoms with E-state index in [0.29, 0.717) is 17.9 Å². The third-order valence-corrected chi connectivity index (χ3v) is 6.58. The summed E-state index contributed by atoms with van der Waals surface area (Å²) in [6.45, 7) is 3.53. The predicted molar refractivity (Wildman–Crippen MR) is 136 cm³/mol. The van der Waals surface area contributed by atoms with Gasteiger partial charge in [0.25, 0.3) is 0 Å². The first kappa shape index (κ1) is 31.2. The molecule has 3 nitrogen and oxygen atoms in total. The number of ether oxygens (including phenoxy) is 1. The first-order chi connectivity index (χ1) is 18.7. The van der Waals surface area contributed by atoms with Gasteiger partial charge in [0, 0.05) is 23.9 Å². The summed E-state index contributed by atoms with van der Waals surface area (Å²) in [6, 6.07) is 16.4. The van der Waals surface area contributed by atoms with Crippen LogP contribution in [0.5, 0.6) is 11.5 Å². The van der Waals surface area contributed by atoms with E-state index in [1.54, 1.807) is 36.4 Å². The molecule has 2 atom stereocenters. The highest BCUT2D eigenvalue weighted by Crippen LogP contribution is 2.48. The van der Waals surface area contributed by atoms with Crippen LogP contribution in [0.3, 0.4) is 0 Å². The van der Waals surface area contributed by atoms with Crippen LogP contribution in [-0.2, 0) is 12.5 Å². The summed E-state index contributed by atoms with van der Waals surface area (Å²) in [4.78, 5) is 1.18. The fraction of sp³-hybridized carbons (Fsp3) is 0.379. The van der Waals surface area contributed by atoms with Crippen molar-refractivity contribution in [1.29, 1.82) is 0 Å². The SMILES string of the molecule is CC.OC1(C(F)(F)F)CCCC1N(Cc1cccc(C(F)(F)C(F)(F)F)c1)c1cccc(Oc2ccccc2)c1. The van der Waals surface area contributed by atoms with Gasteiger partial charge in [-0.05, 0) is 55.2 Å². The van der Waals surface area contributed by atoms with Gasteiger partial charge >= 0.3 is 18.3 Å². The largest absolute Gasteiger partial charge is 0.458 e. The number of aliphatic hydroxyl groups is 1. The molecule has 1 fully saturated rings. The van der Waals surface area contributed by atoms with Gasteiger partial charge in [-0.3, -0.25) is 0 Å². The number of rotatable bonds is 7. The zero-order valence-corrected chi connectivity index (χ0v) is 21.7. The van der Waals surface area contributed by atoms with Gasteiger partial charge in [-0.2, -0.15) is 35.1 Å². The van der Waals surface area contributed by atoms with E-state index in [9.17, 15) is 40.2 Å². The number of alkyl halides is 8. The first-order valence-electron chi connectivity index (χ1n) is 12.6. The molecule has 4 rings (SSSR count). The fourth-order valence-corrected chi connectivity index (χ4v) is 4.67. The normalized spacial score (nSPS) is 19.5. The van der Waals surface area contributed by atoms with Crippen molar-refractivity contribution in [2.24, 2.45) is 0 Å². The highest BCUT2D eigenvalue weighted by atomic mass is 19.4. The topological polar surface area (TPSA) is 32.7 Å². The Balaban J connectivity index is 0.00000216. The fourth-order valence-electron chi connectivity index (χ4n) is 4.67. The second-order valence-electron chi connectivity index (χ2n) is 9.14. The van der Waals surface area contributed by atoms with Crippen molar-refractivity contribution in [1.82, 2.24) is 0 Å². The predicted octanol–water partition coefficient (Wildman–Crippen LogP) is 9.01. The molecule has 0 amide bonds. The van der Waals surface area contributed by atoms with Crippen molar-refractivity contribution in [2.45, 2.75) is 69.6 Å². The van der Waals surface area contributed by atoms with E-state index in [2.05, 4.69) is 0 Å². The number of anilines is 1. The van der Waals surface area contributed by atoms with Crippen LogP contribution in [0.1, 0.15) is 44.2 Å². The molecule has 3 aromatic carbocycles. The van der Waals surface area contributed by atoms with Crippen molar-refractivity contribution in [3.05, 3.63) is 90.0 Å². The molecular weight excluding hydrogens is 546 g/mol. The van der Waals surface area contributed by atoms with Gasteiger partial charge in [0.2, 0.25) is 0 Å². The van der Waals surface area contributed by atoms with Gasteiger partial charge in [0.15, 0.2) is 5.60 Å². The van der Waals surface area contributed by atoms with Gasteiger partial charge in [-0.25, -0.2) is 0 Å². The van der Waals surface area contributed by atoms with Crippen LogP contribution in [0.4, 0.5) is 40.8 Å². The molecule has 0 heterocycles. The van der Waals surface area contributed by atoms with Crippen LogP contribution in [0.2, 0.25) is 0 Å². The number of hydrogen-bond donors (Lipinski definition) is 1. The minimum atomic E-state index is -5.85. The van der Waals surface area contributed by atoms with Gasteiger partial charge in [-0.15, -0.1) is 0 Å². The molecule has 0 bridgehead atoms. The maximum atomic E-state index is 14.0. The van der Waals surface area contributed by atoms with Crippen molar-refractivity contribution in [3.63, 3.8) is 0 Å². The van der Waals surface area contributed by atoms with Crippen LogP contribution < -0.4 is 9.64 Å². The Morgan fingerprint density at radius 1 is 0.825 bits per heavy atom.